The van der Waals surface area contributed by atoms with Crippen LogP contribution in [0.25, 0.3) is 0 Å². The Bertz CT molecular complexity index is 787. The number of benzene rings is 1. The minimum atomic E-state index is -0.424. The lowest BCUT2D eigenvalue weighted by atomic mass is 10.1. The molecule has 1 aromatic carbocycles. The van der Waals surface area contributed by atoms with Crippen LogP contribution >= 0.6 is 0 Å². The Morgan fingerprint density at radius 1 is 1.32 bits per heavy atom. The van der Waals surface area contributed by atoms with Crippen LogP contribution in [0.3, 0.4) is 0 Å². The molecule has 6 heteroatoms. The summed E-state index contributed by atoms with van der Waals surface area (Å²) in [5.74, 6) is 1.05. The smallest absolute Gasteiger partial charge is 0.242 e. The standard InChI is InChI=1S/C19H21N3O3/c1-12-3-4-13(2)16(9-12)25-18-8-5-14(10-20-18)11-21-19(24)15-6-7-17(23)22-15/h3-5,8-10,15H,6-7,11H2,1-2H3,(H,21,24)(H,22,23)/t15-/m0/s1. The van der Waals surface area contributed by atoms with Crippen molar-refractivity contribution in [3.05, 3.63) is 53.2 Å². The normalized spacial score (nSPS) is 16.4. The molecule has 0 bridgehead atoms. The van der Waals surface area contributed by atoms with Crippen LogP contribution in [-0.4, -0.2) is 22.8 Å². The molecule has 6 nitrogen and oxygen atoms in total. The fourth-order valence-corrected chi connectivity index (χ4v) is 2.63. The Labute approximate surface area is 146 Å². The second kappa shape index (κ2) is 7.34. The van der Waals surface area contributed by atoms with Crippen molar-refractivity contribution in [1.29, 1.82) is 0 Å². The van der Waals surface area contributed by atoms with Crippen molar-refractivity contribution in [2.75, 3.05) is 0 Å². The van der Waals surface area contributed by atoms with E-state index in [1.54, 1.807) is 12.3 Å². The molecule has 0 unspecified atom stereocenters. The number of amides is 2. The number of hydrogen-bond acceptors (Lipinski definition) is 4. The van der Waals surface area contributed by atoms with Gasteiger partial charge in [-0.25, -0.2) is 4.98 Å². The van der Waals surface area contributed by atoms with Gasteiger partial charge in [0.2, 0.25) is 17.7 Å². The lowest BCUT2D eigenvalue weighted by molar-refractivity contribution is -0.125. The number of carbonyl (C=O) groups is 2. The van der Waals surface area contributed by atoms with Gasteiger partial charge in [-0.15, -0.1) is 0 Å². The maximum atomic E-state index is 12.0. The topological polar surface area (TPSA) is 80.3 Å². The van der Waals surface area contributed by atoms with Crippen molar-refractivity contribution in [2.24, 2.45) is 0 Å². The molecule has 0 spiro atoms. The van der Waals surface area contributed by atoms with Crippen molar-refractivity contribution in [2.45, 2.75) is 39.3 Å². The first-order chi connectivity index (χ1) is 12.0. The highest BCUT2D eigenvalue weighted by Crippen LogP contribution is 2.24. The molecule has 1 saturated heterocycles. The van der Waals surface area contributed by atoms with Gasteiger partial charge in [0.25, 0.3) is 0 Å². The molecule has 1 fully saturated rings. The van der Waals surface area contributed by atoms with E-state index in [2.05, 4.69) is 15.6 Å². The van der Waals surface area contributed by atoms with Gasteiger partial charge in [-0.3, -0.25) is 9.59 Å². The quantitative estimate of drug-likeness (QED) is 0.876. The van der Waals surface area contributed by atoms with Gasteiger partial charge in [0.05, 0.1) is 0 Å². The molecule has 0 aliphatic carbocycles. The van der Waals surface area contributed by atoms with Crippen molar-refractivity contribution in [1.82, 2.24) is 15.6 Å². The van der Waals surface area contributed by atoms with Crippen molar-refractivity contribution >= 4 is 11.8 Å². The van der Waals surface area contributed by atoms with Crippen molar-refractivity contribution in [3.63, 3.8) is 0 Å². The van der Waals surface area contributed by atoms with Gasteiger partial charge in [0, 0.05) is 25.2 Å². The number of nitrogens with one attached hydrogen (secondary N) is 2. The van der Waals surface area contributed by atoms with Gasteiger partial charge < -0.3 is 15.4 Å². The number of nitrogens with zero attached hydrogens (tertiary/aromatic N) is 1. The average molecular weight is 339 g/mol. The zero-order valence-corrected chi connectivity index (χ0v) is 14.3. The van der Waals surface area contributed by atoms with Gasteiger partial charge in [-0.05, 0) is 43.0 Å². The van der Waals surface area contributed by atoms with Crippen LogP contribution in [0.4, 0.5) is 0 Å². The average Bonchev–Trinajstić information content (AvgIpc) is 3.04. The lowest BCUT2D eigenvalue weighted by Crippen LogP contribution is -2.41. The number of pyridine rings is 1. The van der Waals surface area contributed by atoms with Gasteiger partial charge in [0.1, 0.15) is 11.8 Å². The van der Waals surface area contributed by atoms with E-state index >= 15 is 0 Å². The summed E-state index contributed by atoms with van der Waals surface area (Å²) in [6.45, 7) is 4.36. The van der Waals surface area contributed by atoms with Gasteiger partial charge >= 0.3 is 0 Å². The Morgan fingerprint density at radius 3 is 2.84 bits per heavy atom. The summed E-state index contributed by atoms with van der Waals surface area (Å²) in [6.07, 6.45) is 2.63. The van der Waals surface area contributed by atoms with E-state index in [0.29, 0.717) is 25.3 Å². The van der Waals surface area contributed by atoms with Crippen LogP contribution in [0.1, 0.15) is 29.5 Å². The summed E-state index contributed by atoms with van der Waals surface area (Å²) in [6, 6.07) is 9.24. The molecular weight excluding hydrogens is 318 g/mol. The van der Waals surface area contributed by atoms with E-state index in [1.807, 2.05) is 38.1 Å². The van der Waals surface area contributed by atoms with Crippen molar-refractivity contribution < 1.29 is 14.3 Å². The number of ether oxygens (including phenoxy) is 1. The second-order valence-corrected chi connectivity index (χ2v) is 6.25. The van der Waals surface area contributed by atoms with Crippen LogP contribution < -0.4 is 15.4 Å². The van der Waals surface area contributed by atoms with E-state index in [1.165, 1.54) is 0 Å². The Morgan fingerprint density at radius 2 is 2.16 bits per heavy atom. The zero-order valence-electron chi connectivity index (χ0n) is 14.3. The highest BCUT2D eigenvalue weighted by molar-refractivity contribution is 5.90. The zero-order chi connectivity index (χ0) is 17.8. The molecular formula is C19H21N3O3. The summed E-state index contributed by atoms with van der Waals surface area (Å²) < 4.78 is 5.82. The van der Waals surface area contributed by atoms with Crippen molar-refractivity contribution in [3.8, 4) is 11.6 Å². The third kappa shape index (κ3) is 4.35. The van der Waals surface area contributed by atoms with Gasteiger partial charge in [-0.2, -0.15) is 0 Å². The van der Waals surface area contributed by atoms with Crippen LogP contribution in [0, 0.1) is 13.8 Å². The predicted octanol–water partition coefficient (Wildman–Crippen LogP) is 2.39. The van der Waals surface area contributed by atoms with Crippen LogP contribution in [0.2, 0.25) is 0 Å². The molecule has 0 saturated carbocycles. The Kier molecular flexibility index (Phi) is 4.97. The SMILES string of the molecule is Cc1ccc(C)c(Oc2ccc(CNC(=O)[C@@H]3CCC(=O)N3)cn2)c1. The first kappa shape index (κ1) is 17.0. The highest BCUT2D eigenvalue weighted by Gasteiger charge is 2.26. The number of carbonyl (C=O) groups excluding carboxylic acids is 2. The molecule has 2 N–H and O–H groups in total. The Hall–Kier alpha value is -2.89. The van der Waals surface area contributed by atoms with Crippen LogP contribution in [0.5, 0.6) is 11.6 Å². The first-order valence-corrected chi connectivity index (χ1v) is 8.28. The molecule has 130 valence electrons. The number of aryl methyl sites for hydroxylation is 2. The molecule has 25 heavy (non-hydrogen) atoms. The van der Waals surface area contributed by atoms with E-state index in [9.17, 15) is 9.59 Å². The third-order valence-corrected chi connectivity index (χ3v) is 4.13. The fourth-order valence-electron chi connectivity index (χ4n) is 2.63. The van der Waals surface area contributed by atoms with E-state index in [4.69, 9.17) is 4.74 Å². The molecule has 1 aliphatic rings. The minimum absolute atomic E-state index is 0.0743. The first-order valence-electron chi connectivity index (χ1n) is 8.28. The monoisotopic (exact) mass is 339 g/mol. The van der Waals surface area contributed by atoms with Crippen LogP contribution in [-0.2, 0) is 16.1 Å². The molecule has 3 rings (SSSR count). The number of rotatable bonds is 5. The molecule has 2 aromatic rings. The molecule has 0 radical (unpaired) electrons. The third-order valence-electron chi connectivity index (χ3n) is 4.13. The molecule has 2 heterocycles. The molecule has 1 aromatic heterocycles. The fraction of sp³-hybridized carbons (Fsp3) is 0.316. The van der Waals surface area contributed by atoms with Crippen LogP contribution in [0.15, 0.2) is 36.5 Å². The lowest BCUT2D eigenvalue weighted by Gasteiger charge is -2.11. The predicted molar refractivity (Wildman–Crippen MR) is 93.2 cm³/mol. The molecule has 1 aliphatic heterocycles. The maximum Gasteiger partial charge on any atom is 0.242 e. The summed E-state index contributed by atoms with van der Waals surface area (Å²) >= 11 is 0. The van der Waals surface area contributed by atoms with Gasteiger partial charge in [0.15, 0.2) is 0 Å². The second-order valence-electron chi connectivity index (χ2n) is 6.25. The maximum absolute atomic E-state index is 12.0. The minimum Gasteiger partial charge on any atom is -0.439 e. The van der Waals surface area contributed by atoms with E-state index in [0.717, 1.165) is 22.4 Å². The van der Waals surface area contributed by atoms with E-state index in [-0.39, 0.29) is 11.8 Å². The largest absolute Gasteiger partial charge is 0.439 e. The summed E-state index contributed by atoms with van der Waals surface area (Å²) in [5.41, 5.74) is 3.03. The Balaban J connectivity index is 1.56. The summed E-state index contributed by atoms with van der Waals surface area (Å²) in [4.78, 5) is 27.4. The summed E-state index contributed by atoms with van der Waals surface area (Å²) in [7, 11) is 0. The van der Waals surface area contributed by atoms with Gasteiger partial charge in [-0.1, -0.05) is 18.2 Å². The molecule has 1 atom stereocenters. The van der Waals surface area contributed by atoms with E-state index < -0.39 is 6.04 Å². The highest BCUT2D eigenvalue weighted by atomic mass is 16.5. The number of hydrogen-bond donors (Lipinski definition) is 2. The summed E-state index contributed by atoms with van der Waals surface area (Å²) in [5, 5.41) is 5.46. The number of aromatic nitrogens is 1. The molecule has 2 amide bonds.